The monoisotopic (exact) mass is 441 g/mol. The van der Waals surface area contributed by atoms with Crippen LogP contribution in [0, 0.1) is 5.92 Å². The second-order valence-electron chi connectivity index (χ2n) is 9.07. The van der Waals surface area contributed by atoms with Crippen LogP contribution in [-0.2, 0) is 6.61 Å². The van der Waals surface area contributed by atoms with E-state index >= 15 is 0 Å². The van der Waals surface area contributed by atoms with Crippen LogP contribution in [-0.4, -0.2) is 49.0 Å². The van der Waals surface area contributed by atoms with Crippen molar-refractivity contribution in [3.8, 4) is 16.9 Å². The van der Waals surface area contributed by atoms with Crippen molar-refractivity contribution in [3.05, 3.63) is 61.1 Å². The molecule has 4 heterocycles. The number of benzene rings is 1. The van der Waals surface area contributed by atoms with Crippen molar-refractivity contribution in [2.24, 2.45) is 5.92 Å². The first-order valence-corrected chi connectivity index (χ1v) is 11.6. The lowest BCUT2D eigenvalue weighted by atomic mass is 9.79. The molecule has 168 valence electrons. The average molecular weight is 442 g/mol. The van der Waals surface area contributed by atoms with Gasteiger partial charge in [-0.2, -0.15) is 0 Å². The van der Waals surface area contributed by atoms with Gasteiger partial charge < -0.3 is 19.9 Å². The van der Waals surface area contributed by atoms with Gasteiger partial charge in [-0.15, -0.1) is 0 Å². The normalized spacial score (nSPS) is 20.4. The van der Waals surface area contributed by atoms with E-state index in [9.17, 15) is 0 Å². The fourth-order valence-electron chi connectivity index (χ4n) is 4.93. The van der Waals surface area contributed by atoms with E-state index in [1.165, 1.54) is 38.9 Å². The van der Waals surface area contributed by atoms with Crippen LogP contribution in [0.3, 0.4) is 0 Å². The number of aromatic nitrogens is 5. The number of hydrogen-bond donors (Lipinski definition) is 1. The standard InChI is InChI=1S/C25H27N7O/c26-24-23-22(18-3-1-4-21(11-18)33-15-19-12-27-5-6-28-19)14-32(25(23)30-16-29-24)20-9-17(10-20)13-31-7-2-8-31/h1,3-6,11-12,14,16-17,20H,2,7-10,13,15H2,(H2,26,29,30). The molecule has 1 aliphatic carbocycles. The largest absolute Gasteiger partial charge is 0.487 e. The summed E-state index contributed by atoms with van der Waals surface area (Å²) in [6, 6.07) is 8.52. The maximum absolute atomic E-state index is 6.34. The first-order chi connectivity index (χ1) is 16.2. The van der Waals surface area contributed by atoms with Gasteiger partial charge in [0.15, 0.2) is 0 Å². The molecule has 2 N–H and O–H groups in total. The summed E-state index contributed by atoms with van der Waals surface area (Å²) in [7, 11) is 0. The van der Waals surface area contributed by atoms with Crippen LogP contribution < -0.4 is 10.5 Å². The Labute approximate surface area is 192 Å². The van der Waals surface area contributed by atoms with Crippen LogP contribution in [0.15, 0.2) is 55.4 Å². The molecule has 33 heavy (non-hydrogen) atoms. The first-order valence-electron chi connectivity index (χ1n) is 11.6. The molecule has 2 fully saturated rings. The van der Waals surface area contributed by atoms with Crippen molar-refractivity contribution in [2.45, 2.75) is 31.9 Å². The van der Waals surface area contributed by atoms with Gasteiger partial charge >= 0.3 is 0 Å². The second-order valence-corrected chi connectivity index (χ2v) is 9.07. The topological polar surface area (TPSA) is 95.0 Å². The third-order valence-corrected chi connectivity index (χ3v) is 6.86. The first kappa shape index (κ1) is 20.1. The van der Waals surface area contributed by atoms with E-state index in [0.717, 1.165) is 39.5 Å². The van der Waals surface area contributed by atoms with Gasteiger partial charge in [0.05, 0.1) is 17.3 Å². The SMILES string of the molecule is Nc1ncnc2c1c(-c1cccc(OCc3cnccn3)c1)cn2C1CC(CN2CCC2)C1. The molecule has 8 nitrogen and oxygen atoms in total. The summed E-state index contributed by atoms with van der Waals surface area (Å²) in [6.45, 7) is 4.11. The van der Waals surface area contributed by atoms with Gasteiger partial charge in [-0.05, 0) is 56.0 Å². The van der Waals surface area contributed by atoms with Gasteiger partial charge in [-0.1, -0.05) is 12.1 Å². The highest BCUT2D eigenvalue weighted by molar-refractivity contribution is 6.00. The molecule has 4 aromatic rings. The molecule has 1 saturated carbocycles. The van der Waals surface area contributed by atoms with Crippen molar-refractivity contribution in [1.29, 1.82) is 0 Å². The smallest absolute Gasteiger partial charge is 0.146 e. The molecule has 0 bridgehead atoms. The van der Waals surface area contributed by atoms with Gasteiger partial charge in [0, 0.05) is 36.7 Å². The molecule has 0 atom stereocenters. The summed E-state index contributed by atoms with van der Waals surface area (Å²) < 4.78 is 8.28. The summed E-state index contributed by atoms with van der Waals surface area (Å²) in [6.07, 6.45) is 12.5. The summed E-state index contributed by atoms with van der Waals surface area (Å²) in [4.78, 5) is 19.8. The predicted molar refractivity (Wildman–Crippen MR) is 127 cm³/mol. The van der Waals surface area contributed by atoms with Crippen molar-refractivity contribution >= 4 is 16.9 Å². The van der Waals surface area contributed by atoms with E-state index in [1.54, 1.807) is 24.9 Å². The molecular weight excluding hydrogens is 414 g/mol. The van der Waals surface area contributed by atoms with Crippen LogP contribution in [0.25, 0.3) is 22.2 Å². The van der Waals surface area contributed by atoms with Crippen molar-refractivity contribution in [1.82, 2.24) is 29.4 Å². The van der Waals surface area contributed by atoms with E-state index in [4.69, 9.17) is 10.5 Å². The minimum absolute atomic E-state index is 0.366. The number of nitrogens with zero attached hydrogens (tertiary/aromatic N) is 6. The molecule has 1 aromatic carbocycles. The highest BCUT2D eigenvalue weighted by atomic mass is 16.5. The van der Waals surface area contributed by atoms with Crippen LogP contribution >= 0.6 is 0 Å². The number of anilines is 1. The third-order valence-electron chi connectivity index (χ3n) is 6.86. The molecule has 1 aliphatic heterocycles. The van der Waals surface area contributed by atoms with Gasteiger partial charge in [0.25, 0.3) is 0 Å². The number of likely N-dealkylation sites (tertiary alicyclic amines) is 1. The van der Waals surface area contributed by atoms with Crippen molar-refractivity contribution in [2.75, 3.05) is 25.4 Å². The van der Waals surface area contributed by atoms with Crippen molar-refractivity contribution < 1.29 is 4.74 Å². The number of ether oxygens (including phenoxy) is 1. The lowest BCUT2D eigenvalue weighted by molar-refractivity contribution is 0.0921. The maximum atomic E-state index is 6.34. The summed E-state index contributed by atoms with van der Waals surface area (Å²) in [5, 5.41) is 0.912. The van der Waals surface area contributed by atoms with Crippen LogP contribution in [0.2, 0.25) is 0 Å². The summed E-state index contributed by atoms with van der Waals surface area (Å²) >= 11 is 0. The Hall–Kier alpha value is -3.52. The zero-order valence-corrected chi connectivity index (χ0v) is 18.5. The number of nitrogens with two attached hydrogens (primary N) is 1. The molecule has 1 saturated heterocycles. The lowest BCUT2D eigenvalue weighted by Gasteiger charge is -2.42. The van der Waals surface area contributed by atoms with Gasteiger partial charge in [0.2, 0.25) is 0 Å². The Morgan fingerprint density at radius 1 is 1.09 bits per heavy atom. The summed E-state index contributed by atoms with van der Waals surface area (Å²) in [5.74, 6) is 2.05. The molecule has 3 aromatic heterocycles. The van der Waals surface area contributed by atoms with Gasteiger partial charge in [0.1, 0.15) is 30.1 Å². The number of hydrogen-bond acceptors (Lipinski definition) is 7. The van der Waals surface area contributed by atoms with E-state index in [1.807, 2.05) is 18.2 Å². The molecule has 0 amide bonds. The Balaban J connectivity index is 1.27. The zero-order chi connectivity index (χ0) is 22.2. The van der Waals surface area contributed by atoms with Gasteiger partial charge in [-0.3, -0.25) is 9.97 Å². The highest BCUT2D eigenvalue weighted by Gasteiger charge is 2.34. The Morgan fingerprint density at radius 3 is 2.79 bits per heavy atom. The molecule has 0 unspecified atom stereocenters. The molecule has 8 heteroatoms. The second kappa shape index (κ2) is 8.44. The van der Waals surface area contributed by atoms with Gasteiger partial charge in [-0.25, -0.2) is 9.97 Å². The number of fused-ring (bicyclic) bond motifs is 1. The van der Waals surface area contributed by atoms with E-state index in [2.05, 4.69) is 41.7 Å². The van der Waals surface area contributed by atoms with Crippen molar-refractivity contribution in [3.63, 3.8) is 0 Å². The molecule has 2 aliphatic rings. The van der Waals surface area contributed by atoms with Crippen LogP contribution in [0.5, 0.6) is 5.75 Å². The predicted octanol–water partition coefficient (Wildman–Crippen LogP) is 3.71. The fraction of sp³-hybridized carbons (Fsp3) is 0.360. The molecule has 6 rings (SSSR count). The fourth-order valence-corrected chi connectivity index (χ4v) is 4.93. The summed E-state index contributed by atoms with van der Waals surface area (Å²) in [5.41, 5.74) is 10.1. The lowest BCUT2D eigenvalue weighted by Crippen LogP contribution is -2.43. The maximum Gasteiger partial charge on any atom is 0.146 e. The van der Waals surface area contributed by atoms with E-state index in [0.29, 0.717) is 18.5 Å². The average Bonchev–Trinajstić information content (AvgIpc) is 3.17. The molecule has 0 radical (unpaired) electrons. The number of nitrogen functional groups attached to an aromatic ring is 1. The van der Waals surface area contributed by atoms with Crippen LogP contribution in [0.4, 0.5) is 5.82 Å². The number of rotatable bonds is 7. The highest BCUT2D eigenvalue weighted by Crippen LogP contribution is 2.43. The van der Waals surface area contributed by atoms with Crippen LogP contribution in [0.1, 0.15) is 31.0 Å². The quantitative estimate of drug-likeness (QED) is 0.467. The zero-order valence-electron chi connectivity index (χ0n) is 18.5. The van der Waals surface area contributed by atoms with E-state index < -0.39 is 0 Å². The Bertz CT molecular complexity index is 1260. The Kier molecular flexibility index (Phi) is 5.14. The molecule has 0 spiro atoms. The minimum Gasteiger partial charge on any atom is -0.487 e. The van der Waals surface area contributed by atoms with E-state index in [-0.39, 0.29) is 0 Å². The third kappa shape index (κ3) is 3.91. The minimum atomic E-state index is 0.366. The molecular formula is C25H27N7O. The Morgan fingerprint density at radius 2 is 2.00 bits per heavy atom.